The van der Waals surface area contributed by atoms with E-state index in [1.165, 1.54) is 48.5 Å². The molecule has 39 heteroatoms. The molecule has 0 aromatic heterocycles. The number of nitrogens with one attached hydrogen (secondary N) is 7. The minimum Gasteiger partial charge on any atom is -0.508 e. The third-order valence-corrected chi connectivity index (χ3v) is 24.7. The van der Waals surface area contributed by atoms with Gasteiger partial charge in [-0.2, -0.15) is 0 Å². The Labute approximate surface area is 777 Å². The molecule has 1 saturated heterocycles. The first-order valence-electron chi connectivity index (χ1n) is 45.0. The van der Waals surface area contributed by atoms with E-state index in [1.807, 2.05) is 0 Å². The van der Waals surface area contributed by atoms with Crippen molar-refractivity contribution in [1.29, 1.82) is 0 Å². The van der Waals surface area contributed by atoms with Crippen LogP contribution >= 0.6 is 11.8 Å². The van der Waals surface area contributed by atoms with Crippen LogP contribution in [0.4, 0.5) is 0 Å². The number of hydrogen-bond acceptors (Lipinski definition) is 28. The quantitative estimate of drug-likeness (QED) is 0.0285. The molecular weight excluding hydrogens is 1750 g/mol. The Bertz CT molecular complexity index is 4470. The fourth-order valence-electron chi connectivity index (χ4n) is 15.2. The van der Waals surface area contributed by atoms with Crippen LogP contribution < -0.4 is 43.0 Å². The molecule has 1 fully saturated rings. The predicted molar refractivity (Wildman–Crippen MR) is 483 cm³/mol. The van der Waals surface area contributed by atoms with Crippen LogP contribution in [0.1, 0.15) is 195 Å². The third kappa shape index (κ3) is 40.1. The number of rotatable bonds is 67. The van der Waals surface area contributed by atoms with Gasteiger partial charge >= 0.3 is 17.9 Å². The number of carbonyl (C=O) groups excluding carboxylic acids is 17. The summed E-state index contributed by atoms with van der Waals surface area (Å²) in [6.07, 6.45) is -10.1. The number of nitrogens with zero attached hydrogens (tertiary/aromatic N) is 1. The van der Waals surface area contributed by atoms with E-state index in [9.17, 15) is 142 Å². The lowest BCUT2D eigenvalue weighted by molar-refractivity contribution is -0.143. The van der Waals surface area contributed by atoms with Crippen molar-refractivity contribution in [1.82, 2.24) is 42.1 Å². The summed E-state index contributed by atoms with van der Waals surface area (Å²) in [5.41, 5.74) is 6.76. The number of phenols is 2. The van der Waals surface area contributed by atoms with Crippen LogP contribution in [0.2, 0.25) is 0 Å². The second-order valence-electron chi connectivity index (χ2n) is 35.1. The van der Waals surface area contributed by atoms with Crippen LogP contribution in [-0.2, 0) is 115 Å². The zero-order valence-electron chi connectivity index (χ0n) is 76.9. The van der Waals surface area contributed by atoms with Gasteiger partial charge in [0.25, 0.3) is 0 Å². The second-order valence-corrected chi connectivity index (χ2v) is 36.1. The van der Waals surface area contributed by atoms with E-state index in [2.05, 4.69) is 37.2 Å². The fourth-order valence-corrected chi connectivity index (χ4v) is 16.0. The molecule has 18 N–H and O–H groups in total. The van der Waals surface area contributed by atoms with E-state index >= 15 is 0 Å². The van der Waals surface area contributed by atoms with Gasteiger partial charge in [-0.25, -0.2) is 0 Å². The summed E-state index contributed by atoms with van der Waals surface area (Å²) < 4.78 is 0. The smallest absolute Gasteiger partial charge is 0.304 e. The van der Waals surface area contributed by atoms with Crippen LogP contribution in [0.3, 0.4) is 0 Å². The molecular formula is C94H133N9O29S. The Morgan fingerprint density at radius 2 is 0.880 bits per heavy atom. The summed E-state index contributed by atoms with van der Waals surface area (Å²) in [7, 11) is 0. The molecule has 3 aromatic carbocycles. The number of thioether (sulfide) groups is 1. The number of likely N-dealkylation sites (tertiary alicyclic amines) is 1. The number of aromatic hydroxyl groups is 2. The molecule has 0 spiro atoms. The Kier molecular flexibility index (Phi) is 49.6. The number of hydrogen-bond donors (Lipinski definition) is 17. The van der Waals surface area contributed by atoms with Gasteiger partial charge in [-0.15, -0.1) is 11.8 Å². The minimum absolute atomic E-state index is 0.00848. The summed E-state index contributed by atoms with van der Waals surface area (Å²) in [5.74, 6) is -31.8. The zero-order valence-corrected chi connectivity index (χ0v) is 77.7. The number of aliphatic hydroxyl groups excluding tert-OH is 4. The number of carboxylic acids is 3. The highest BCUT2D eigenvalue weighted by atomic mass is 32.2. The fraction of sp³-hybridized carbons (Fsp3) is 0.596. The van der Waals surface area contributed by atoms with Crippen molar-refractivity contribution >= 4 is 129 Å². The van der Waals surface area contributed by atoms with Gasteiger partial charge in [-0.3, -0.25) is 101 Å². The molecule has 734 valence electrons. The number of amides is 9. The summed E-state index contributed by atoms with van der Waals surface area (Å²) in [4.78, 5) is 274. The van der Waals surface area contributed by atoms with Crippen LogP contribution in [-0.4, -0.2) is 261 Å². The van der Waals surface area contributed by atoms with E-state index in [1.54, 1.807) is 78.8 Å². The van der Waals surface area contributed by atoms with Crippen molar-refractivity contribution in [2.24, 2.45) is 70.8 Å². The maximum Gasteiger partial charge on any atom is 0.304 e. The molecule has 0 aliphatic carbocycles. The van der Waals surface area contributed by atoms with Gasteiger partial charge in [0.1, 0.15) is 29.1 Å². The maximum atomic E-state index is 14.9. The molecule has 133 heavy (non-hydrogen) atoms. The number of aliphatic carboxylic acids is 3. The van der Waals surface area contributed by atoms with E-state index in [0.717, 1.165) is 30.5 Å². The van der Waals surface area contributed by atoms with Gasteiger partial charge in [0.2, 0.25) is 53.2 Å². The second kappa shape index (κ2) is 57.9. The Hall–Kier alpha value is -11.4. The van der Waals surface area contributed by atoms with Gasteiger partial charge in [-0.1, -0.05) is 109 Å². The van der Waals surface area contributed by atoms with Crippen molar-refractivity contribution in [3.63, 3.8) is 0 Å². The molecule has 0 unspecified atom stereocenters. The number of Topliss-reactive ketones (excluding diaryl/α,β-unsaturated/α-hetero) is 8. The minimum atomic E-state index is -2.00. The SMILES string of the molecule is CC[C@H](C)[C@H](NC(=O)[C@H](CO)CC(=O)[C@H](Cc1ccc(O)cc1)NC(=O)[C@H](CC(=O)O)CC(=O)[C@H](CO)NC(=O)[C@@H](CC(=O)[C@H](Cc1ccccc1)NC(=O)[C@@H](CC(=O)CNC(=O)[C@H](CCC(=O)O)CC(=O)CSCC(=O)CCCN1C(=O)[C@@H](C)[C@H](C)C1=O)[C@@H](C)O)[C@@H](C)O)C(=O)C[C@@H](Cc1ccc(O)cc1)C(=O)N[C@@H](CC(C)C)C(=O)C[C@@H](CC(=O)O)C(=O)N[C@H](C)CCCCN. The predicted octanol–water partition coefficient (Wildman–Crippen LogP) is 2.70. The number of unbranched alkanes of at least 4 members (excludes halogenated alkanes) is 1. The van der Waals surface area contributed by atoms with Crippen molar-refractivity contribution in [2.75, 3.05) is 44.4 Å². The van der Waals surface area contributed by atoms with E-state index in [4.69, 9.17) is 5.73 Å². The molecule has 0 saturated carbocycles. The highest BCUT2D eigenvalue weighted by molar-refractivity contribution is 8.00. The summed E-state index contributed by atoms with van der Waals surface area (Å²) in [6.45, 7) is 11.5. The van der Waals surface area contributed by atoms with Gasteiger partial charge < -0.3 is 88.9 Å². The normalized spacial score (nSPS) is 16.8. The lowest BCUT2D eigenvalue weighted by Crippen LogP contribution is -2.52. The average Bonchev–Trinajstić information content (AvgIpc) is 1.66. The van der Waals surface area contributed by atoms with Gasteiger partial charge in [0, 0.05) is 94.0 Å². The lowest BCUT2D eigenvalue weighted by atomic mass is 9.85. The largest absolute Gasteiger partial charge is 0.508 e. The lowest BCUT2D eigenvalue weighted by Gasteiger charge is -2.28. The number of aliphatic hydroxyl groups is 4. The summed E-state index contributed by atoms with van der Waals surface area (Å²) in [5, 5.41) is 111. The molecule has 0 bridgehead atoms. The summed E-state index contributed by atoms with van der Waals surface area (Å²) >= 11 is 0.940. The molecule has 38 nitrogen and oxygen atoms in total. The Morgan fingerprint density at radius 1 is 0.429 bits per heavy atom. The number of carbonyl (C=O) groups is 20. The van der Waals surface area contributed by atoms with Gasteiger partial charge in [-0.05, 0) is 131 Å². The van der Waals surface area contributed by atoms with Crippen LogP contribution in [0.15, 0.2) is 78.9 Å². The zero-order chi connectivity index (χ0) is 99.6. The molecule has 1 aliphatic heterocycles. The molecule has 3 aromatic rings. The number of benzene rings is 3. The number of carboxylic acid groups (broad SMARTS) is 3. The van der Waals surface area contributed by atoms with Crippen molar-refractivity contribution in [3.05, 3.63) is 95.6 Å². The highest BCUT2D eigenvalue weighted by Crippen LogP contribution is 2.29. The third-order valence-electron chi connectivity index (χ3n) is 23.6. The van der Waals surface area contributed by atoms with Crippen molar-refractivity contribution < 1.29 is 142 Å². The monoisotopic (exact) mass is 1880 g/mol. The molecule has 1 aliphatic rings. The Balaban J connectivity index is 1.52. The molecule has 4 rings (SSSR count). The van der Waals surface area contributed by atoms with E-state index in [-0.39, 0.29) is 104 Å². The highest BCUT2D eigenvalue weighted by Gasteiger charge is 2.44. The molecule has 0 radical (unpaired) electrons. The molecule has 9 amide bonds. The van der Waals surface area contributed by atoms with Crippen molar-refractivity contribution in [3.8, 4) is 11.5 Å². The molecule has 1 heterocycles. The van der Waals surface area contributed by atoms with Crippen LogP contribution in [0.5, 0.6) is 11.5 Å². The number of nitrogens with two attached hydrogens (primary N) is 1. The topological polar surface area (TPSA) is 637 Å². The first-order chi connectivity index (χ1) is 62.7. The van der Waals surface area contributed by atoms with Crippen LogP contribution in [0.25, 0.3) is 0 Å². The van der Waals surface area contributed by atoms with Crippen molar-refractivity contribution in [2.45, 2.75) is 246 Å². The average molecular weight is 1890 g/mol. The number of imide groups is 1. The van der Waals surface area contributed by atoms with Gasteiger partial charge in [0.05, 0.1) is 110 Å². The first-order valence-corrected chi connectivity index (χ1v) is 46.1. The number of phenolic OH excluding ortho intramolecular Hbond substituents is 2. The van der Waals surface area contributed by atoms with Gasteiger partial charge in [0.15, 0.2) is 34.7 Å². The standard InChI is InChI=1S/C94H133N9O29S/c1-10-52(4)85(81(117)40-62(34-59-21-26-66(108)27-22-59)88(126)98-73(33-51(2)3)77(113)38-63(42-83(120)121)87(125)97-53(5)17-14-15-31-95)102-90(128)65(47-104)41-78(114)74(36-60-23-28-67(109)29-24-60)99-89(127)64(43-84(122)123)39-79(115)76(48-105)101-92(130)72(57(9)107)45-80(116)75(35-58-18-12-11-13-19-58)100-91(129)71(56(8)106)44-69(111)46-96-86(124)61(25-30-82(118)119)37-70(112)50-133-49-68(110)20-16-32-103-93(131)54(6)55(7)94(103)132/h11-13,18-19,21-24,26-29,51-57,61-65,71-76,85,104-109H,10,14-17,20,25,30-50,95H2,1-9H3,(H,96,124)(H,97,125)(H,98,126)(H,99,127)(H,100,129)(H,101,130)(H,102,128)(H,118,119)(H,120,121)(H,122,123)/t52-,53+,54-,55-,56+,57+,61+,62+,63-,64-,65-,71-,72-,73-,74-,75-,76-,85-/m0/s1. The Morgan fingerprint density at radius 3 is 1.38 bits per heavy atom. The number of ketones is 8. The molecule has 18 atom stereocenters. The first kappa shape index (κ1) is 114. The van der Waals surface area contributed by atoms with E-state index in [0.29, 0.717) is 36.9 Å². The van der Waals surface area contributed by atoms with E-state index < -0.39 is 298 Å². The summed E-state index contributed by atoms with van der Waals surface area (Å²) in [6, 6.07) is 10.4. The van der Waals surface area contributed by atoms with Crippen LogP contribution in [0, 0.1) is 65.1 Å². The maximum absolute atomic E-state index is 14.9.